The van der Waals surface area contributed by atoms with Crippen LogP contribution in [0.1, 0.15) is 39.5 Å². The highest BCUT2D eigenvalue weighted by Crippen LogP contribution is 2.29. The van der Waals surface area contributed by atoms with E-state index in [0.717, 1.165) is 31.2 Å². The first-order chi connectivity index (χ1) is 9.43. The van der Waals surface area contributed by atoms with Crippen molar-refractivity contribution in [1.82, 2.24) is 15.1 Å². The average Bonchev–Trinajstić information content (AvgIpc) is 2.42. The fourth-order valence-corrected chi connectivity index (χ4v) is 2.87. The Morgan fingerprint density at radius 3 is 2.20 bits per heavy atom. The summed E-state index contributed by atoms with van der Waals surface area (Å²) in [6.45, 7) is 10.7. The van der Waals surface area contributed by atoms with Gasteiger partial charge in [-0.2, -0.15) is 0 Å². The zero-order valence-electron chi connectivity index (χ0n) is 13.6. The molecule has 0 saturated heterocycles. The van der Waals surface area contributed by atoms with Gasteiger partial charge in [-0.05, 0) is 51.4 Å². The van der Waals surface area contributed by atoms with Crippen LogP contribution in [0.5, 0.6) is 0 Å². The van der Waals surface area contributed by atoms with Crippen LogP contribution in [0.15, 0.2) is 12.3 Å². The number of rotatable bonds is 6. The van der Waals surface area contributed by atoms with Crippen molar-refractivity contribution in [2.45, 2.75) is 39.5 Å². The molecular formula is C16H31N3O. The molecule has 0 bridgehead atoms. The molecule has 0 spiro atoms. The van der Waals surface area contributed by atoms with Crippen LogP contribution in [0.3, 0.4) is 0 Å². The highest BCUT2D eigenvalue weighted by Gasteiger charge is 2.24. The molecule has 1 saturated carbocycles. The van der Waals surface area contributed by atoms with E-state index in [1.54, 1.807) is 4.90 Å². The Hall–Kier alpha value is -1.19. The lowest BCUT2D eigenvalue weighted by atomic mass is 9.81. The zero-order valence-corrected chi connectivity index (χ0v) is 13.6. The van der Waals surface area contributed by atoms with Crippen molar-refractivity contribution < 1.29 is 4.79 Å². The first-order valence-electron chi connectivity index (χ1n) is 7.79. The maximum atomic E-state index is 12.0. The lowest BCUT2D eigenvalue weighted by Gasteiger charge is -2.33. The molecule has 0 aromatic carbocycles. The topological polar surface area (TPSA) is 35.6 Å². The van der Waals surface area contributed by atoms with Gasteiger partial charge in [-0.15, -0.1) is 0 Å². The van der Waals surface area contributed by atoms with E-state index in [4.69, 9.17) is 0 Å². The fourth-order valence-electron chi connectivity index (χ4n) is 2.87. The molecular weight excluding hydrogens is 250 g/mol. The van der Waals surface area contributed by atoms with Crippen molar-refractivity contribution in [3.8, 4) is 0 Å². The van der Waals surface area contributed by atoms with Crippen LogP contribution in [0.2, 0.25) is 0 Å². The standard InChI is InChI=1S/C16H31N3O/c1-6-19(16(20)18(4)5)12-15-9-7-14(8-10-15)11-17-13(2)3/h14-15,17H,2,6-12H2,1,3-5H3. The van der Waals surface area contributed by atoms with Crippen LogP contribution in [0.4, 0.5) is 4.79 Å². The molecule has 116 valence electrons. The van der Waals surface area contributed by atoms with Crippen LogP contribution < -0.4 is 5.32 Å². The number of nitrogens with zero attached hydrogens (tertiary/aromatic N) is 2. The summed E-state index contributed by atoms with van der Waals surface area (Å²) in [5.41, 5.74) is 1.06. The van der Waals surface area contributed by atoms with E-state index in [0.29, 0.717) is 5.92 Å². The summed E-state index contributed by atoms with van der Waals surface area (Å²) in [6.07, 6.45) is 5.00. The highest BCUT2D eigenvalue weighted by atomic mass is 16.2. The summed E-state index contributed by atoms with van der Waals surface area (Å²) in [5.74, 6) is 1.43. The van der Waals surface area contributed by atoms with Crippen molar-refractivity contribution in [1.29, 1.82) is 0 Å². The molecule has 0 radical (unpaired) electrons. The van der Waals surface area contributed by atoms with Gasteiger partial charge in [0.1, 0.15) is 0 Å². The molecule has 1 aliphatic rings. The van der Waals surface area contributed by atoms with Gasteiger partial charge in [0.05, 0.1) is 0 Å². The third-order valence-corrected chi connectivity index (χ3v) is 4.17. The van der Waals surface area contributed by atoms with Crippen LogP contribution in [0.25, 0.3) is 0 Å². The van der Waals surface area contributed by atoms with Gasteiger partial charge in [-0.25, -0.2) is 4.79 Å². The van der Waals surface area contributed by atoms with Gasteiger partial charge in [0.2, 0.25) is 0 Å². The molecule has 4 heteroatoms. The summed E-state index contributed by atoms with van der Waals surface area (Å²) < 4.78 is 0. The van der Waals surface area contributed by atoms with Crippen LogP contribution in [0, 0.1) is 11.8 Å². The first-order valence-corrected chi connectivity index (χ1v) is 7.79. The van der Waals surface area contributed by atoms with E-state index >= 15 is 0 Å². The Bertz CT molecular complexity index is 320. The molecule has 0 atom stereocenters. The van der Waals surface area contributed by atoms with Crippen LogP contribution >= 0.6 is 0 Å². The minimum absolute atomic E-state index is 0.138. The largest absolute Gasteiger partial charge is 0.389 e. The third kappa shape index (κ3) is 5.43. The molecule has 1 aliphatic carbocycles. The number of hydrogen-bond acceptors (Lipinski definition) is 2. The van der Waals surface area contributed by atoms with Gasteiger partial charge in [-0.3, -0.25) is 0 Å². The van der Waals surface area contributed by atoms with Crippen molar-refractivity contribution in [3.63, 3.8) is 0 Å². The Kier molecular flexibility index (Phi) is 6.89. The maximum absolute atomic E-state index is 12.0. The SMILES string of the molecule is C=C(C)NCC1CCC(CN(CC)C(=O)N(C)C)CC1. The molecule has 0 aliphatic heterocycles. The molecule has 0 aromatic heterocycles. The Balaban J connectivity index is 2.34. The minimum atomic E-state index is 0.138. The van der Waals surface area contributed by atoms with Gasteiger partial charge in [0, 0.05) is 39.4 Å². The summed E-state index contributed by atoms with van der Waals surface area (Å²) in [7, 11) is 3.65. The Morgan fingerprint density at radius 2 is 1.75 bits per heavy atom. The highest BCUT2D eigenvalue weighted by molar-refractivity contribution is 5.73. The summed E-state index contributed by atoms with van der Waals surface area (Å²) >= 11 is 0. The van der Waals surface area contributed by atoms with E-state index in [9.17, 15) is 4.79 Å². The lowest BCUT2D eigenvalue weighted by Crippen LogP contribution is -2.42. The molecule has 20 heavy (non-hydrogen) atoms. The van der Waals surface area contributed by atoms with Crippen LogP contribution in [-0.4, -0.2) is 49.6 Å². The molecule has 2 amide bonds. The second-order valence-corrected chi connectivity index (χ2v) is 6.26. The molecule has 0 heterocycles. The molecule has 0 aromatic rings. The van der Waals surface area contributed by atoms with E-state index in [1.807, 2.05) is 25.9 Å². The molecule has 0 unspecified atom stereocenters. The van der Waals surface area contributed by atoms with Crippen LogP contribution in [-0.2, 0) is 0 Å². The molecule has 1 rings (SSSR count). The summed E-state index contributed by atoms with van der Waals surface area (Å²) in [5, 5.41) is 3.35. The fraction of sp³-hybridized carbons (Fsp3) is 0.812. The number of hydrogen-bond donors (Lipinski definition) is 1. The number of urea groups is 1. The number of carbonyl (C=O) groups is 1. The first kappa shape index (κ1) is 16.9. The van der Waals surface area contributed by atoms with Crippen molar-refractivity contribution in [3.05, 3.63) is 12.3 Å². The second kappa shape index (κ2) is 8.18. The van der Waals surface area contributed by atoms with Gasteiger partial charge >= 0.3 is 6.03 Å². The normalized spacial score (nSPS) is 22.2. The predicted octanol–water partition coefficient (Wildman–Crippen LogP) is 2.92. The van der Waals surface area contributed by atoms with Gasteiger partial charge in [0.15, 0.2) is 0 Å². The van der Waals surface area contributed by atoms with E-state index in [2.05, 4.69) is 18.8 Å². The summed E-state index contributed by atoms with van der Waals surface area (Å²) in [6, 6.07) is 0.138. The third-order valence-electron chi connectivity index (χ3n) is 4.17. The monoisotopic (exact) mass is 281 g/mol. The summed E-state index contributed by atoms with van der Waals surface area (Å²) in [4.78, 5) is 15.7. The molecule has 4 nitrogen and oxygen atoms in total. The van der Waals surface area contributed by atoms with Gasteiger partial charge in [-0.1, -0.05) is 6.58 Å². The van der Waals surface area contributed by atoms with Crippen molar-refractivity contribution >= 4 is 6.03 Å². The number of amides is 2. The average molecular weight is 281 g/mol. The van der Waals surface area contributed by atoms with E-state index in [1.165, 1.54) is 25.7 Å². The number of nitrogens with one attached hydrogen (secondary N) is 1. The maximum Gasteiger partial charge on any atom is 0.319 e. The Morgan fingerprint density at radius 1 is 1.20 bits per heavy atom. The predicted molar refractivity (Wildman–Crippen MR) is 84.6 cm³/mol. The Labute approximate surface area is 124 Å². The van der Waals surface area contributed by atoms with Crippen molar-refractivity contribution in [2.24, 2.45) is 11.8 Å². The molecule has 1 fully saturated rings. The van der Waals surface area contributed by atoms with Gasteiger partial charge in [0.25, 0.3) is 0 Å². The number of carbonyl (C=O) groups excluding carboxylic acids is 1. The van der Waals surface area contributed by atoms with Crippen molar-refractivity contribution in [2.75, 3.05) is 33.7 Å². The number of allylic oxidation sites excluding steroid dienone is 1. The van der Waals surface area contributed by atoms with E-state index in [-0.39, 0.29) is 6.03 Å². The quantitative estimate of drug-likeness (QED) is 0.812. The van der Waals surface area contributed by atoms with Gasteiger partial charge < -0.3 is 15.1 Å². The zero-order chi connectivity index (χ0) is 15.1. The smallest absolute Gasteiger partial charge is 0.319 e. The molecule has 1 N–H and O–H groups in total. The van der Waals surface area contributed by atoms with E-state index < -0.39 is 0 Å². The minimum Gasteiger partial charge on any atom is -0.389 e. The second-order valence-electron chi connectivity index (χ2n) is 6.26. The lowest BCUT2D eigenvalue weighted by molar-refractivity contribution is 0.152.